The Kier molecular flexibility index (Phi) is 8.23. The van der Waals surface area contributed by atoms with Crippen molar-refractivity contribution in [2.24, 2.45) is 5.41 Å². The number of rotatable bonds is 12. The molecule has 0 radical (unpaired) electrons. The van der Waals surface area contributed by atoms with Crippen LogP contribution in [0.4, 0.5) is 0 Å². The van der Waals surface area contributed by atoms with E-state index in [-0.39, 0.29) is 6.29 Å². The van der Waals surface area contributed by atoms with E-state index < -0.39 is 0 Å². The maximum atomic E-state index is 6.24. The summed E-state index contributed by atoms with van der Waals surface area (Å²) in [5, 5.41) is 0. The molecule has 4 heteroatoms. The van der Waals surface area contributed by atoms with E-state index in [1.165, 1.54) is 70.6 Å². The highest BCUT2D eigenvalue weighted by Crippen LogP contribution is 2.39. The summed E-state index contributed by atoms with van der Waals surface area (Å²) in [7, 11) is 0. The second-order valence-corrected chi connectivity index (χ2v) is 8.85. The molecule has 4 nitrogen and oxygen atoms in total. The van der Waals surface area contributed by atoms with E-state index in [0.717, 1.165) is 19.6 Å². The highest BCUT2D eigenvalue weighted by molar-refractivity contribution is 4.86. The minimum Gasteiger partial charge on any atom is -0.377 e. The molecule has 1 saturated heterocycles. The van der Waals surface area contributed by atoms with Gasteiger partial charge in [-0.2, -0.15) is 0 Å². The summed E-state index contributed by atoms with van der Waals surface area (Å²) in [5.41, 5.74) is 0.307. The summed E-state index contributed by atoms with van der Waals surface area (Å²) in [4.78, 5) is 0. The van der Waals surface area contributed by atoms with Crippen LogP contribution in [0.25, 0.3) is 0 Å². The second kappa shape index (κ2) is 10.4. The zero-order chi connectivity index (χ0) is 18.2. The molecule has 0 aromatic heterocycles. The lowest BCUT2D eigenvalue weighted by Crippen LogP contribution is -2.42. The van der Waals surface area contributed by atoms with Gasteiger partial charge in [0.05, 0.1) is 24.9 Å². The fourth-order valence-electron chi connectivity index (χ4n) is 4.70. The molecule has 3 fully saturated rings. The average molecular weight is 369 g/mol. The van der Waals surface area contributed by atoms with E-state index in [9.17, 15) is 0 Å². The lowest BCUT2D eigenvalue weighted by molar-refractivity contribution is -0.214. The van der Waals surface area contributed by atoms with Crippen molar-refractivity contribution >= 4 is 0 Å². The van der Waals surface area contributed by atoms with Gasteiger partial charge in [0.25, 0.3) is 0 Å². The summed E-state index contributed by atoms with van der Waals surface area (Å²) in [5.74, 6) is 0. The van der Waals surface area contributed by atoms with E-state index in [1.807, 2.05) is 0 Å². The smallest absolute Gasteiger partial charge is 0.181 e. The van der Waals surface area contributed by atoms with Crippen LogP contribution in [0, 0.1) is 5.41 Å². The van der Waals surface area contributed by atoms with Gasteiger partial charge in [-0.1, -0.05) is 39.5 Å². The molecular weight excluding hydrogens is 328 g/mol. The Morgan fingerprint density at radius 3 is 2.00 bits per heavy atom. The molecule has 1 heterocycles. The minimum absolute atomic E-state index is 0.172. The molecule has 152 valence electrons. The summed E-state index contributed by atoms with van der Waals surface area (Å²) < 4.78 is 24.2. The van der Waals surface area contributed by atoms with Crippen molar-refractivity contribution < 1.29 is 18.9 Å². The van der Waals surface area contributed by atoms with Gasteiger partial charge in [-0.05, 0) is 56.8 Å². The van der Waals surface area contributed by atoms with Gasteiger partial charge in [-0.15, -0.1) is 0 Å². The van der Waals surface area contributed by atoms with E-state index in [0.29, 0.717) is 30.3 Å². The lowest BCUT2D eigenvalue weighted by atomic mass is 9.75. The van der Waals surface area contributed by atoms with Gasteiger partial charge in [0.1, 0.15) is 0 Å². The highest BCUT2D eigenvalue weighted by atomic mass is 16.7. The second-order valence-electron chi connectivity index (χ2n) is 8.85. The van der Waals surface area contributed by atoms with Gasteiger partial charge in [-0.3, -0.25) is 0 Å². The Hall–Kier alpha value is -0.160. The van der Waals surface area contributed by atoms with Gasteiger partial charge in [-0.25, -0.2) is 0 Å². The summed E-state index contributed by atoms with van der Waals surface area (Å²) in [6.07, 6.45) is 15.6. The maximum absolute atomic E-state index is 6.24. The van der Waals surface area contributed by atoms with E-state index in [1.54, 1.807) is 0 Å². The lowest BCUT2D eigenvalue weighted by Gasteiger charge is -2.42. The third-order valence-corrected chi connectivity index (χ3v) is 6.87. The highest BCUT2D eigenvalue weighted by Gasteiger charge is 2.37. The first kappa shape index (κ1) is 20.6. The zero-order valence-electron chi connectivity index (χ0n) is 17.0. The van der Waals surface area contributed by atoms with Crippen LogP contribution in [-0.4, -0.2) is 44.4 Å². The predicted molar refractivity (Wildman–Crippen MR) is 103 cm³/mol. The standard InChI is InChI=1S/C22H40O4/c1-3-22(2,20-13-16-24-20)14-8-15-23-17-21(25-18-9-4-5-10-18)26-19-11-6-7-12-19/h18-21H,3-17H2,1-2H3. The molecule has 0 N–H and O–H groups in total. The Morgan fingerprint density at radius 1 is 0.962 bits per heavy atom. The molecule has 3 aliphatic rings. The molecule has 0 amide bonds. The molecule has 0 aromatic rings. The fraction of sp³-hybridized carbons (Fsp3) is 1.00. The molecule has 3 rings (SSSR count). The van der Waals surface area contributed by atoms with Crippen LogP contribution in [0.15, 0.2) is 0 Å². The van der Waals surface area contributed by atoms with Crippen LogP contribution in [0.1, 0.15) is 90.9 Å². The molecule has 0 spiro atoms. The molecule has 0 aromatic carbocycles. The third kappa shape index (κ3) is 5.92. The Balaban J connectivity index is 1.35. The molecule has 2 aliphatic carbocycles. The Bertz CT molecular complexity index is 368. The SMILES string of the molecule is CCC(C)(CCCOCC(OC1CCCC1)OC1CCCC1)C1CCO1. The van der Waals surface area contributed by atoms with Crippen LogP contribution in [-0.2, 0) is 18.9 Å². The number of hydrogen-bond acceptors (Lipinski definition) is 4. The van der Waals surface area contributed by atoms with Crippen molar-refractivity contribution in [3.8, 4) is 0 Å². The third-order valence-electron chi connectivity index (χ3n) is 6.87. The van der Waals surface area contributed by atoms with Crippen molar-refractivity contribution in [2.75, 3.05) is 19.8 Å². The molecule has 0 bridgehead atoms. The first-order valence-corrected chi connectivity index (χ1v) is 11.2. The fourth-order valence-corrected chi connectivity index (χ4v) is 4.70. The first-order chi connectivity index (χ1) is 12.7. The first-order valence-electron chi connectivity index (χ1n) is 11.2. The Morgan fingerprint density at radius 2 is 1.54 bits per heavy atom. The van der Waals surface area contributed by atoms with Gasteiger partial charge >= 0.3 is 0 Å². The topological polar surface area (TPSA) is 36.9 Å². The molecule has 26 heavy (non-hydrogen) atoms. The maximum Gasteiger partial charge on any atom is 0.181 e. The molecule has 2 saturated carbocycles. The quantitative estimate of drug-likeness (QED) is 0.349. The molecule has 1 aliphatic heterocycles. The van der Waals surface area contributed by atoms with Crippen LogP contribution >= 0.6 is 0 Å². The number of ether oxygens (including phenoxy) is 4. The van der Waals surface area contributed by atoms with Gasteiger partial charge < -0.3 is 18.9 Å². The molecule has 2 unspecified atom stereocenters. The number of hydrogen-bond donors (Lipinski definition) is 0. The van der Waals surface area contributed by atoms with Gasteiger partial charge in [0.2, 0.25) is 0 Å². The van der Waals surface area contributed by atoms with E-state index in [4.69, 9.17) is 18.9 Å². The zero-order valence-corrected chi connectivity index (χ0v) is 17.0. The van der Waals surface area contributed by atoms with Crippen molar-refractivity contribution in [1.82, 2.24) is 0 Å². The predicted octanol–water partition coefficient (Wildman–Crippen LogP) is 5.23. The van der Waals surface area contributed by atoms with Gasteiger partial charge in [0.15, 0.2) is 6.29 Å². The van der Waals surface area contributed by atoms with Crippen LogP contribution < -0.4 is 0 Å². The minimum atomic E-state index is -0.172. The van der Waals surface area contributed by atoms with Crippen LogP contribution in [0.5, 0.6) is 0 Å². The van der Waals surface area contributed by atoms with Crippen molar-refractivity contribution in [3.63, 3.8) is 0 Å². The molecular formula is C22H40O4. The summed E-state index contributed by atoms with van der Waals surface area (Å²) in [6, 6.07) is 0. The normalized spacial score (nSPS) is 27.1. The molecule has 2 atom stereocenters. The van der Waals surface area contributed by atoms with Crippen molar-refractivity contribution in [2.45, 2.75) is 115 Å². The van der Waals surface area contributed by atoms with E-state index in [2.05, 4.69) is 13.8 Å². The van der Waals surface area contributed by atoms with Crippen LogP contribution in [0.3, 0.4) is 0 Å². The Labute approximate surface area is 160 Å². The summed E-state index contributed by atoms with van der Waals surface area (Å²) in [6.45, 7) is 6.96. The van der Waals surface area contributed by atoms with Crippen molar-refractivity contribution in [1.29, 1.82) is 0 Å². The largest absolute Gasteiger partial charge is 0.377 e. The van der Waals surface area contributed by atoms with Crippen LogP contribution in [0.2, 0.25) is 0 Å². The van der Waals surface area contributed by atoms with Gasteiger partial charge in [0, 0.05) is 13.2 Å². The summed E-state index contributed by atoms with van der Waals surface area (Å²) >= 11 is 0. The van der Waals surface area contributed by atoms with Crippen molar-refractivity contribution in [3.05, 3.63) is 0 Å². The monoisotopic (exact) mass is 368 g/mol. The van der Waals surface area contributed by atoms with E-state index >= 15 is 0 Å². The average Bonchev–Trinajstić information content (AvgIpc) is 3.26.